The van der Waals surface area contributed by atoms with Crippen LogP contribution in [0.1, 0.15) is 39.9 Å². The Morgan fingerprint density at radius 3 is 2.30 bits per heavy atom. The fourth-order valence-corrected chi connectivity index (χ4v) is 2.57. The van der Waals surface area contributed by atoms with Crippen LogP contribution in [-0.4, -0.2) is 9.55 Å². The molecule has 0 fully saturated rings. The molecule has 0 unspecified atom stereocenters. The van der Waals surface area contributed by atoms with Gasteiger partial charge in [0.1, 0.15) is 17.3 Å². The van der Waals surface area contributed by atoms with E-state index in [2.05, 4.69) is 32.3 Å². The maximum absolute atomic E-state index is 6.36. The molecular weight excluding hydrogens is 270 g/mol. The van der Waals surface area contributed by atoms with Crippen LogP contribution in [-0.2, 0) is 12.0 Å². The molecule has 1 aromatic heterocycles. The number of halogens is 1. The van der Waals surface area contributed by atoms with Gasteiger partial charge < -0.3 is 10.3 Å². The molecule has 2 aromatic rings. The van der Waals surface area contributed by atoms with Crippen molar-refractivity contribution in [1.82, 2.24) is 9.55 Å². The summed E-state index contributed by atoms with van der Waals surface area (Å²) in [6.07, 6.45) is 1.97. The smallest absolute Gasteiger partial charge is 0.132 e. The van der Waals surface area contributed by atoms with Crippen LogP contribution in [0.25, 0.3) is 11.3 Å². The van der Waals surface area contributed by atoms with E-state index in [4.69, 9.17) is 22.3 Å². The van der Waals surface area contributed by atoms with Crippen LogP contribution in [0.5, 0.6) is 0 Å². The summed E-state index contributed by atoms with van der Waals surface area (Å²) in [4.78, 5) is 4.76. The first-order valence-corrected chi connectivity index (χ1v) is 7.36. The number of nitrogens with two attached hydrogens (primary N) is 1. The van der Waals surface area contributed by atoms with E-state index in [9.17, 15) is 0 Å². The highest BCUT2D eigenvalue weighted by atomic mass is 35.5. The normalized spacial score (nSPS) is 11.8. The number of imidazole rings is 1. The Bertz CT molecular complexity index is 591. The van der Waals surface area contributed by atoms with Crippen LogP contribution in [0.3, 0.4) is 0 Å². The van der Waals surface area contributed by atoms with Gasteiger partial charge in [-0.25, -0.2) is 4.98 Å². The third-order valence-corrected chi connectivity index (χ3v) is 3.50. The SMILES string of the molecule is CCCc1nc(-c2ccc(Cl)cc2)c(N)n1C(C)(C)C. The highest BCUT2D eigenvalue weighted by Crippen LogP contribution is 2.32. The summed E-state index contributed by atoms with van der Waals surface area (Å²) in [6, 6.07) is 7.66. The van der Waals surface area contributed by atoms with E-state index < -0.39 is 0 Å². The average Bonchev–Trinajstić information content (AvgIpc) is 2.67. The summed E-state index contributed by atoms with van der Waals surface area (Å²) in [5, 5.41) is 0.719. The molecule has 0 aliphatic carbocycles. The molecule has 0 saturated heterocycles. The van der Waals surface area contributed by atoms with Crippen molar-refractivity contribution in [3.8, 4) is 11.3 Å². The molecule has 2 rings (SSSR count). The fourth-order valence-electron chi connectivity index (χ4n) is 2.44. The van der Waals surface area contributed by atoms with Crippen molar-refractivity contribution < 1.29 is 0 Å². The highest BCUT2D eigenvalue weighted by molar-refractivity contribution is 6.30. The zero-order valence-electron chi connectivity index (χ0n) is 12.6. The summed E-state index contributed by atoms with van der Waals surface area (Å²) in [5.74, 6) is 1.77. The number of aromatic nitrogens is 2. The topological polar surface area (TPSA) is 43.8 Å². The first-order chi connectivity index (χ1) is 9.34. The molecule has 0 amide bonds. The Labute approximate surface area is 125 Å². The van der Waals surface area contributed by atoms with Crippen molar-refractivity contribution in [2.75, 3.05) is 5.73 Å². The molecule has 2 N–H and O–H groups in total. The first kappa shape index (κ1) is 14.9. The molecule has 0 spiro atoms. The monoisotopic (exact) mass is 291 g/mol. The summed E-state index contributed by atoms with van der Waals surface area (Å²) < 4.78 is 2.14. The van der Waals surface area contributed by atoms with E-state index in [0.717, 1.165) is 40.8 Å². The van der Waals surface area contributed by atoms with Crippen LogP contribution >= 0.6 is 11.6 Å². The second-order valence-corrected chi connectivity index (χ2v) is 6.46. The number of hydrogen-bond acceptors (Lipinski definition) is 2. The predicted molar refractivity (Wildman–Crippen MR) is 86.1 cm³/mol. The predicted octanol–water partition coefficient (Wildman–Crippen LogP) is 4.49. The van der Waals surface area contributed by atoms with Gasteiger partial charge in [-0.15, -0.1) is 0 Å². The van der Waals surface area contributed by atoms with E-state index >= 15 is 0 Å². The van der Waals surface area contributed by atoms with Gasteiger partial charge in [0.2, 0.25) is 0 Å². The third-order valence-electron chi connectivity index (χ3n) is 3.24. The molecule has 1 heterocycles. The number of benzene rings is 1. The van der Waals surface area contributed by atoms with Crippen molar-refractivity contribution in [3.05, 3.63) is 35.1 Å². The van der Waals surface area contributed by atoms with Crippen LogP contribution in [0.4, 0.5) is 5.82 Å². The molecule has 0 radical (unpaired) electrons. The number of rotatable bonds is 3. The van der Waals surface area contributed by atoms with Crippen LogP contribution in [0.15, 0.2) is 24.3 Å². The van der Waals surface area contributed by atoms with Crippen molar-refractivity contribution in [2.24, 2.45) is 0 Å². The standard InChI is InChI=1S/C16H22ClN3/c1-5-6-13-19-14(11-7-9-12(17)10-8-11)15(18)20(13)16(2,3)4/h7-10H,5-6,18H2,1-4H3. The minimum Gasteiger partial charge on any atom is -0.383 e. The average molecular weight is 292 g/mol. The van der Waals surface area contributed by atoms with Crippen molar-refractivity contribution in [2.45, 2.75) is 46.1 Å². The van der Waals surface area contributed by atoms with Gasteiger partial charge in [-0.1, -0.05) is 30.7 Å². The second kappa shape index (κ2) is 5.49. The number of anilines is 1. The minimum absolute atomic E-state index is 0.0771. The van der Waals surface area contributed by atoms with Gasteiger partial charge in [-0.05, 0) is 39.3 Å². The maximum atomic E-state index is 6.36. The number of nitrogen functional groups attached to an aromatic ring is 1. The fraction of sp³-hybridized carbons (Fsp3) is 0.438. The van der Waals surface area contributed by atoms with Gasteiger partial charge in [-0.3, -0.25) is 0 Å². The van der Waals surface area contributed by atoms with Gasteiger partial charge in [0.05, 0.1) is 0 Å². The van der Waals surface area contributed by atoms with Crippen molar-refractivity contribution >= 4 is 17.4 Å². The number of hydrogen-bond donors (Lipinski definition) is 1. The van der Waals surface area contributed by atoms with Gasteiger partial charge in [0.15, 0.2) is 0 Å². The van der Waals surface area contributed by atoms with Crippen LogP contribution in [0, 0.1) is 0 Å². The largest absolute Gasteiger partial charge is 0.383 e. The molecule has 108 valence electrons. The van der Waals surface area contributed by atoms with Crippen molar-refractivity contribution in [1.29, 1.82) is 0 Å². The summed E-state index contributed by atoms with van der Waals surface area (Å²) in [6.45, 7) is 8.60. The lowest BCUT2D eigenvalue weighted by molar-refractivity contribution is 0.387. The molecule has 0 atom stereocenters. The Balaban J connectivity index is 2.58. The number of aryl methyl sites for hydroxylation is 1. The third kappa shape index (κ3) is 2.83. The second-order valence-electron chi connectivity index (χ2n) is 6.03. The minimum atomic E-state index is -0.0771. The molecule has 4 heteroatoms. The van der Waals surface area contributed by atoms with Gasteiger partial charge in [0.25, 0.3) is 0 Å². The van der Waals surface area contributed by atoms with Crippen molar-refractivity contribution in [3.63, 3.8) is 0 Å². The Kier molecular flexibility index (Phi) is 4.09. The zero-order valence-corrected chi connectivity index (χ0v) is 13.3. The summed E-state index contributed by atoms with van der Waals surface area (Å²) in [7, 11) is 0. The molecule has 20 heavy (non-hydrogen) atoms. The number of nitrogens with zero attached hydrogens (tertiary/aromatic N) is 2. The van der Waals surface area contributed by atoms with Crippen LogP contribution in [0.2, 0.25) is 5.02 Å². The lowest BCUT2D eigenvalue weighted by Crippen LogP contribution is -2.25. The van der Waals surface area contributed by atoms with Crippen LogP contribution < -0.4 is 5.73 Å². The molecule has 0 aliphatic heterocycles. The van der Waals surface area contributed by atoms with E-state index in [1.54, 1.807) is 0 Å². The lowest BCUT2D eigenvalue weighted by Gasteiger charge is -2.25. The molecule has 1 aromatic carbocycles. The highest BCUT2D eigenvalue weighted by Gasteiger charge is 2.23. The maximum Gasteiger partial charge on any atom is 0.132 e. The van der Waals surface area contributed by atoms with E-state index in [-0.39, 0.29) is 5.54 Å². The van der Waals surface area contributed by atoms with Gasteiger partial charge >= 0.3 is 0 Å². The van der Waals surface area contributed by atoms with E-state index in [1.807, 2.05) is 24.3 Å². The molecule has 0 aliphatic rings. The molecule has 3 nitrogen and oxygen atoms in total. The van der Waals surface area contributed by atoms with E-state index in [1.165, 1.54) is 0 Å². The Morgan fingerprint density at radius 2 is 1.80 bits per heavy atom. The zero-order chi connectivity index (χ0) is 14.9. The molecule has 0 bridgehead atoms. The molecule has 0 saturated carbocycles. The quantitative estimate of drug-likeness (QED) is 0.905. The van der Waals surface area contributed by atoms with Gasteiger partial charge in [0, 0.05) is 22.5 Å². The Hall–Kier alpha value is -1.48. The summed E-state index contributed by atoms with van der Waals surface area (Å²) >= 11 is 5.94. The Morgan fingerprint density at radius 1 is 1.20 bits per heavy atom. The van der Waals surface area contributed by atoms with Gasteiger partial charge in [-0.2, -0.15) is 0 Å². The first-order valence-electron chi connectivity index (χ1n) is 6.98. The lowest BCUT2D eigenvalue weighted by atomic mass is 10.1. The van der Waals surface area contributed by atoms with E-state index in [0.29, 0.717) is 0 Å². The molecular formula is C16H22ClN3. The summed E-state index contributed by atoms with van der Waals surface area (Å²) in [5.41, 5.74) is 8.13.